The maximum Gasteiger partial charge on any atom is 0.405 e. The molecule has 1 unspecified atom stereocenters. The summed E-state index contributed by atoms with van der Waals surface area (Å²) < 4.78 is 37.2. The molecule has 2 aromatic heterocycles. The number of alkyl halides is 3. The second-order valence-electron chi connectivity index (χ2n) is 7.10. The molecule has 1 atom stereocenters. The third kappa shape index (κ3) is 4.00. The monoisotopic (exact) mass is 382 g/mol. The second-order valence-corrected chi connectivity index (χ2v) is 7.10. The van der Waals surface area contributed by atoms with Crippen LogP contribution in [0.15, 0.2) is 18.6 Å². The third-order valence-electron chi connectivity index (χ3n) is 4.98. The Kier molecular flexibility index (Phi) is 4.67. The summed E-state index contributed by atoms with van der Waals surface area (Å²) in [6.07, 6.45) is 2.29. The van der Waals surface area contributed by atoms with Crippen molar-refractivity contribution in [2.75, 3.05) is 24.6 Å². The average molecular weight is 382 g/mol. The van der Waals surface area contributed by atoms with Crippen LogP contribution in [0.3, 0.4) is 0 Å². The summed E-state index contributed by atoms with van der Waals surface area (Å²) in [6.45, 7) is -0.157. The lowest BCUT2D eigenvalue weighted by atomic mass is 9.98. The third-order valence-corrected chi connectivity index (χ3v) is 4.98. The summed E-state index contributed by atoms with van der Waals surface area (Å²) in [4.78, 5) is 24.0. The molecule has 1 aliphatic heterocycles. The van der Waals surface area contributed by atoms with E-state index >= 15 is 0 Å². The Labute approximate surface area is 153 Å². The molecule has 2 N–H and O–H groups in total. The lowest BCUT2D eigenvalue weighted by molar-refractivity contribution is -0.141. The Morgan fingerprint density at radius 3 is 2.89 bits per heavy atom. The van der Waals surface area contributed by atoms with Crippen LogP contribution in [0.25, 0.3) is 11.0 Å². The summed E-state index contributed by atoms with van der Waals surface area (Å²) in [7, 11) is 0. The number of hydrazine groups is 1. The zero-order valence-corrected chi connectivity index (χ0v) is 14.7. The van der Waals surface area contributed by atoms with Crippen molar-refractivity contribution in [2.24, 2.45) is 5.92 Å². The highest BCUT2D eigenvalue weighted by molar-refractivity contribution is 5.87. The Morgan fingerprint density at radius 1 is 1.33 bits per heavy atom. The Bertz CT molecular complexity index is 818. The summed E-state index contributed by atoms with van der Waals surface area (Å²) in [6, 6.07) is 2.22. The number of anilines is 1. The Hall–Kier alpha value is -2.36. The van der Waals surface area contributed by atoms with Crippen LogP contribution in [-0.4, -0.2) is 57.7 Å². The SMILES string of the molecule is O=C(NCC(F)(F)F)C1CCCN(N(c2ncnc3[nH]ccc23)C2CC2)C1. The normalized spacial score (nSPS) is 21.4. The fraction of sp³-hybridized carbons (Fsp3) is 0.588. The maximum atomic E-state index is 12.4. The van der Waals surface area contributed by atoms with Crippen molar-refractivity contribution in [3.63, 3.8) is 0 Å². The average Bonchev–Trinajstić information content (AvgIpc) is 3.35. The van der Waals surface area contributed by atoms with Crippen molar-refractivity contribution in [3.05, 3.63) is 18.6 Å². The molecule has 2 aromatic rings. The Balaban J connectivity index is 1.52. The number of halogens is 3. The van der Waals surface area contributed by atoms with Crippen molar-refractivity contribution < 1.29 is 18.0 Å². The smallest absolute Gasteiger partial charge is 0.347 e. The summed E-state index contributed by atoms with van der Waals surface area (Å²) in [5.74, 6) is -0.228. The van der Waals surface area contributed by atoms with Gasteiger partial charge in [0.2, 0.25) is 5.91 Å². The van der Waals surface area contributed by atoms with Crippen LogP contribution >= 0.6 is 0 Å². The molecule has 1 amide bonds. The number of fused-ring (bicyclic) bond motifs is 1. The molecule has 0 spiro atoms. The van der Waals surface area contributed by atoms with E-state index in [0.29, 0.717) is 19.0 Å². The number of rotatable bonds is 5. The molecule has 7 nitrogen and oxygen atoms in total. The lowest BCUT2D eigenvalue weighted by Crippen LogP contribution is -2.53. The van der Waals surface area contributed by atoms with Crippen LogP contribution < -0.4 is 10.3 Å². The van der Waals surface area contributed by atoms with Gasteiger partial charge in [-0.15, -0.1) is 0 Å². The number of hydrogen-bond acceptors (Lipinski definition) is 5. The minimum Gasteiger partial charge on any atom is -0.347 e. The number of hydrogen-bond donors (Lipinski definition) is 2. The first-order chi connectivity index (χ1) is 12.9. The van der Waals surface area contributed by atoms with Gasteiger partial charge in [-0.1, -0.05) is 0 Å². The maximum absolute atomic E-state index is 12.4. The lowest BCUT2D eigenvalue weighted by Gasteiger charge is -2.41. The summed E-state index contributed by atoms with van der Waals surface area (Å²) >= 11 is 0. The highest BCUT2D eigenvalue weighted by atomic mass is 19.4. The number of nitrogens with one attached hydrogen (secondary N) is 2. The standard InChI is InChI=1S/C17H21F3N6O/c18-17(19,20)9-22-16(27)11-2-1-7-25(8-11)26(12-3-4-12)15-13-5-6-21-14(13)23-10-24-15/h5-6,10-12H,1-4,7-9H2,(H,22,27)(H,21,23,24). The number of aromatic nitrogens is 3. The molecular weight excluding hydrogens is 361 g/mol. The molecule has 0 bridgehead atoms. The molecule has 10 heteroatoms. The van der Waals surface area contributed by atoms with Gasteiger partial charge in [0.15, 0.2) is 5.82 Å². The van der Waals surface area contributed by atoms with E-state index in [-0.39, 0.29) is 0 Å². The fourth-order valence-electron chi connectivity index (χ4n) is 3.60. The van der Waals surface area contributed by atoms with Gasteiger partial charge in [-0.2, -0.15) is 13.2 Å². The highest BCUT2D eigenvalue weighted by Crippen LogP contribution is 2.36. The van der Waals surface area contributed by atoms with Crippen LogP contribution in [0.2, 0.25) is 0 Å². The van der Waals surface area contributed by atoms with Gasteiger partial charge in [-0.05, 0) is 31.7 Å². The molecule has 0 radical (unpaired) electrons. The molecule has 1 aliphatic carbocycles. The van der Waals surface area contributed by atoms with Gasteiger partial charge in [-0.25, -0.2) is 15.0 Å². The van der Waals surface area contributed by atoms with E-state index < -0.39 is 24.5 Å². The number of piperidine rings is 1. The van der Waals surface area contributed by atoms with Crippen LogP contribution in [-0.2, 0) is 4.79 Å². The molecule has 3 heterocycles. The Morgan fingerprint density at radius 2 is 2.15 bits per heavy atom. The van der Waals surface area contributed by atoms with E-state index in [1.165, 1.54) is 6.33 Å². The van der Waals surface area contributed by atoms with Crippen molar-refractivity contribution in [3.8, 4) is 0 Å². The van der Waals surface area contributed by atoms with Gasteiger partial charge in [0.05, 0.1) is 11.3 Å². The van der Waals surface area contributed by atoms with E-state index in [0.717, 1.165) is 42.7 Å². The molecule has 27 heavy (non-hydrogen) atoms. The van der Waals surface area contributed by atoms with Gasteiger partial charge in [0.1, 0.15) is 18.5 Å². The van der Waals surface area contributed by atoms with Gasteiger partial charge < -0.3 is 10.3 Å². The van der Waals surface area contributed by atoms with Crippen molar-refractivity contribution in [2.45, 2.75) is 37.9 Å². The fourth-order valence-corrected chi connectivity index (χ4v) is 3.60. The number of carbonyl (C=O) groups excluding carboxylic acids is 1. The van der Waals surface area contributed by atoms with Crippen LogP contribution in [0.1, 0.15) is 25.7 Å². The van der Waals surface area contributed by atoms with Crippen molar-refractivity contribution in [1.82, 2.24) is 25.3 Å². The van der Waals surface area contributed by atoms with E-state index in [1.807, 2.05) is 11.4 Å². The number of aromatic amines is 1. The number of nitrogens with zero attached hydrogens (tertiary/aromatic N) is 4. The first-order valence-corrected chi connectivity index (χ1v) is 9.09. The largest absolute Gasteiger partial charge is 0.405 e. The van der Waals surface area contributed by atoms with Gasteiger partial charge in [0, 0.05) is 25.3 Å². The van der Waals surface area contributed by atoms with Crippen LogP contribution in [0.4, 0.5) is 19.0 Å². The van der Waals surface area contributed by atoms with Gasteiger partial charge >= 0.3 is 6.18 Å². The molecule has 1 saturated carbocycles. The highest BCUT2D eigenvalue weighted by Gasteiger charge is 2.39. The van der Waals surface area contributed by atoms with E-state index in [2.05, 4.69) is 25.0 Å². The zero-order valence-electron chi connectivity index (χ0n) is 14.7. The molecule has 0 aromatic carbocycles. The predicted octanol–water partition coefficient (Wildman–Crippen LogP) is 2.23. The summed E-state index contributed by atoms with van der Waals surface area (Å²) in [5, 5.41) is 7.09. The molecule has 2 fully saturated rings. The quantitative estimate of drug-likeness (QED) is 0.829. The van der Waals surface area contributed by atoms with Crippen molar-refractivity contribution >= 4 is 22.8 Å². The van der Waals surface area contributed by atoms with Crippen LogP contribution in [0.5, 0.6) is 0 Å². The molecule has 1 saturated heterocycles. The number of H-pyrrole nitrogens is 1. The molecular formula is C17H21F3N6O. The number of carbonyl (C=O) groups is 1. The molecule has 4 rings (SSSR count). The molecule has 146 valence electrons. The summed E-state index contributed by atoms with van der Waals surface area (Å²) in [5.41, 5.74) is 0.738. The second kappa shape index (κ2) is 6.99. The first-order valence-electron chi connectivity index (χ1n) is 9.09. The molecule has 2 aliphatic rings. The number of amides is 1. The van der Waals surface area contributed by atoms with Gasteiger partial charge in [0.25, 0.3) is 0 Å². The predicted molar refractivity (Wildman–Crippen MR) is 92.8 cm³/mol. The zero-order chi connectivity index (χ0) is 19.0. The topological polar surface area (TPSA) is 77.2 Å². The van der Waals surface area contributed by atoms with E-state index in [9.17, 15) is 18.0 Å². The van der Waals surface area contributed by atoms with Gasteiger partial charge in [-0.3, -0.25) is 9.80 Å². The van der Waals surface area contributed by atoms with E-state index in [4.69, 9.17) is 0 Å². The van der Waals surface area contributed by atoms with E-state index in [1.54, 1.807) is 6.20 Å². The minimum atomic E-state index is -4.40. The minimum absolute atomic E-state index is 0.301. The first kappa shape index (κ1) is 18.0. The van der Waals surface area contributed by atoms with Crippen molar-refractivity contribution in [1.29, 1.82) is 0 Å². The van der Waals surface area contributed by atoms with Crippen LogP contribution in [0, 0.1) is 5.92 Å².